The Hall–Kier alpha value is -3.76. The minimum Gasteiger partial charge on any atom is -0.726 e. The Morgan fingerprint density at radius 2 is 2.08 bits per heavy atom. The number of carboxylic acid groups (broad SMARTS) is 1. The van der Waals surface area contributed by atoms with Gasteiger partial charge in [0.25, 0.3) is 11.8 Å². The lowest BCUT2D eigenvalue weighted by Gasteiger charge is -2.49. The number of nitrogens with one attached hydrogen (secondary N) is 1. The van der Waals surface area contributed by atoms with Crippen molar-refractivity contribution in [3.8, 4) is 0 Å². The van der Waals surface area contributed by atoms with Crippen LogP contribution in [-0.2, 0) is 42.7 Å². The quantitative estimate of drug-likeness (QED) is 0.0412. The van der Waals surface area contributed by atoms with Gasteiger partial charge < -0.3 is 36.4 Å². The molecule has 2 aliphatic rings. The Kier molecular flexibility index (Phi) is 9.70. The molecule has 2 unspecified atom stereocenters. The van der Waals surface area contributed by atoms with Crippen molar-refractivity contribution in [2.45, 2.75) is 24.5 Å². The highest BCUT2D eigenvalue weighted by atomic mass is 32.3. The first-order valence-corrected chi connectivity index (χ1v) is 14.2. The number of thiazole rings is 1. The van der Waals surface area contributed by atoms with Gasteiger partial charge in [-0.1, -0.05) is 5.16 Å². The molecule has 18 nitrogen and oxygen atoms in total. The number of carboxylic acids is 1. The van der Waals surface area contributed by atoms with Gasteiger partial charge in [0.15, 0.2) is 29.4 Å². The van der Waals surface area contributed by atoms with E-state index in [4.69, 9.17) is 33.8 Å². The van der Waals surface area contributed by atoms with Crippen LogP contribution in [0.1, 0.15) is 5.69 Å². The number of rotatable bonds is 9. The Balaban J connectivity index is 0.000000810. The number of aromatic nitrogens is 3. The van der Waals surface area contributed by atoms with Gasteiger partial charge in [0.1, 0.15) is 36.5 Å². The summed E-state index contributed by atoms with van der Waals surface area (Å²) in [5.74, 6) is -1.79. The number of hydrogen-bond acceptors (Lipinski definition) is 14. The average molecular weight is 621 g/mol. The van der Waals surface area contributed by atoms with E-state index in [1.165, 1.54) is 29.2 Å². The molecule has 0 aliphatic carbocycles. The zero-order chi connectivity index (χ0) is 29.8. The maximum absolute atomic E-state index is 13.0. The lowest BCUT2D eigenvalue weighted by Crippen LogP contribution is -2.71. The van der Waals surface area contributed by atoms with Crippen molar-refractivity contribution in [1.82, 2.24) is 19.9 Å². The van der Waals surface area contributed by atoms with Crippen LogP contribution in [0.3, 0.4) is 0 Å². The van der Waals surface area contributed by atoms with Crippen molar-refractivity contribution in [3.63, 3.8) is 0 Å². The van der Waals surface area contributed by atoms with E-state index in [1.54, 1.807) is 21.6 Å². The average Bonchev–Trinajstić information content (AvgIpc) is 3.45. The van der Waals surface area contributed by atoms with Crippen molar-refractivity contribution in [2.75, 3.05) is 30.9 Å². The number of carbonyl (C=O) groups is 3. The number of fused-ring (bicyclic) bond motifs is 1. The summed E-state index contributed by atoms with van der Waals surface area (Å²) in [6.07, 6.45) is 1.68. The summed E-state index contributed by atoms with van der Waals surface area (Å²) in [6.45, 7) is 0.251. The molecular weight excluding hydrogens is 596 g/mol. The predicted octanol–water partition coefficient (Wildman–Crippen LogP) is -2.82. The number of anilines is 2. The number of amides is 2. The highest BCUT2D eigenvalue weighted by Crippen LogP contribution is 2.40. The summed E-state index contributed by atoms with van der Waals surface area (Å²) in [6, 6.07) is 0.688. The van der Waals surface area contributed by atoms with E-state index in [2.05, 4.69) is 15.5 Å². The van der Waals surface area contributed by atoms with Crippen LogP contribution >= 0.6 is 23.1 Å². The van der Waals surface area contributed by atoms with Crippen LogP contribution in [0.2, 0.25) is 0 Å². The third-order valence-electron chi connectivity index (χ3n) is 5.39. The molecule has 0 radical (unpaired) electrons. The van der Waals surface area contributed by atoms with Crippen LogP contribution in [0.4, 0.5) is 10.9 Å². The first-order chi connectivity index (χ1) is 18.8. The number of nitrogens with zero attached hydrogens (tertiary/aromatic N) is 5. The van der Waals surface area contributed by atoms with Crippen molar-refractivity contribution in [1.29, 1.82) is 0 Å². The van der Waals surface area contributed by atoms with E-state index in [0.29, 0.717) is 17.1 Å². The minimum absolute atomic E-state index is 0.134. The first-order valence-electron chi connectivity index (χ1n) is 10.9. The molecule has 0 spiro atoms. The predicted molar refractivity (Wildman–Crippen MR) is 138 cm³/mol. The molecule has 4 heterocycles. The lowest BCUT2D eigenvalue weighted by atomic mass is 10.0. The Labute approximate surface area is 234 Å². The molecular formula is C19H24N8O10S3. The van der Waals surface area contributed by atoms with E-state index in [0.717, 1.165) is 11.3 Å². The van der Waals surface area contributed by atoms with Crippen molar-refractivity contribution < 1.29 is 51.6 Å². The maximum atomic E-state index is 13.0. The van der Waals surface area contributed by atoms with Crippen LogP contribution in [0.25, 0.3) is 0 Å². The van der Waals surface area contributed by atoms with E-state index in [9.17, 15) is 24.6 Å². The van der Waals surface area contributed by atoms with E-state index >= 15 is 0 Å². The molecule has 2 atom stereocenters. The number of hydrogen-bond donors (Lipinski definition) is 6. The third kappa shape index (κ3) is 7.05. The number of aliphatic hydroxyl groups excluding tert-OH is 1. The van der Waals surface area contributed by atoms with Crippen LogP contribution in [-0.4, -0.2) is 96.7 Å². The summed E-state index contributed by atoms with van der Waals surface area (Å²) in [4.78, 5) is 47.9. The van der Waals surface area contributed by atoms with Gasteiger partial charge in [0.05, 0.1) is 12.7 Å². The van der Waals surface area contributed by atoms with Crippen LogP contribution in [0, 0.1) is 0 Å². The van der Waals surface area contributed by atoms with Gasteiger partial charge in [0, 0.05) is 16.7 Å². The standard InChI is InChI=1S/C19H22N8O6S2.H2O4S/c1-33-24-12(10-8-35-19(21)22-10)15(29)23-13-16(30)27-14(18(31)32)9(7-34-17(13)27)6-25-3-2-11(20)26(25)4-5-28;1-5(2,3)4/h2-3,8,13,17,20,28H,4-7H2,1H3,(H4,21,22,23,29,31,32);(H2,1,2,3,4). The van der Waals surface area contributed by atoms with Gasteiger partial charge in [-0.2, -0.15) is 0 Å². The molecule has 4 rings (SSSR count). The van der Waals surface area contributed by atoms with Crippen LogP contribution in [0.5, 0.6) is 0 Å². The summed E-state index contributed by atoms with van der Waals surface area (Å²) in [7, 11) is -3.65. The number of aliphatic hydroxyl groups is 1. The fourth-order valence-corrected chi connectivity index (χ4v) is 5.75. The molecule has 21 heteroatoms. The number of nitrogens with two attached hydrogens (primary N) is 2. The van der Waals surface area contributed by atoms with Gasteiger partial charge in [-0.3, -0.25) is 19.0 Å². The molecule has 2 aromatic rings. The van der Waals surface area contributed by atoms with E-state index in [-0.39, 0.29) is 41.9 Å². The molecule has 0 bridgehead atoms. The number of β-lactam (4-membered cyclic amide) rings is 1. The molecule has 8 N–H and O–H groups in total. The SMILES string of the molecule is CON=C(C(=O)NC1C(=O)N2C(C(=O)O)=C(C[n+]3ccc(N)n3CCO)CSC12)c1csc(N)n1.O=S(=O)([O-])O. The fraction of sp³-hybridized carbons (Fsp3) is 0.368. The Morgan fingerprint density at radius 3 is 2.62 bits per heavy atom. The number of aliphatic carboxylic acids is 1. The normalized spacial score (nSPS) is 18.9. The molecule has 2 amide bonds. The molecule has 2 aliphatic heterocycles. The van der Waals surface area contributed by atoms with Crippen molar-refractivity contribution in [2.24, 2.45) is 5.16 Å². The zero-order valence-corrected chi connectivity index (χ0v) is 23.0. The smallest absolute Gasteiger partial charge is 0.352 e. The molecule has 0 saturated carbocycles. The van der Waals surface area contributed by atoms with Gasteiger partial charge in [0.2, 0.25) is 10.4 Å². The summed E-state index contributed by atoms with van der Waals surface area (Å²) in [5, 5.41) is 26.7. The molecule has 0 aromatic carbocycles. The zero-order valence-electron chi connectivity index (χ0n) is 20.5. The highest BCUT2D eigenvalue weighted by Gasteiger charge is 2.55. The third-order valence-corrected chi connectivity index (χ3v) is 7.40. The van der Waals surface area contributed by atoms with Crippen molar-refractivity contribution >= 4 is 67.9 Å². The Morgan fingerprint density at radius 1 is 1.40 bits per heavy atom. The van der Waals surface area contributed by atoms with Gasteiger partial charge in [-0.25, -0.2) is 18.2 Å². The van der Waals surface area contributed by atoms with Crippen LogP contribution in [0.15, 0.2) is 34.1 Å². The van der Waals surface area contributed by atoms with Crippen molar-refractivity contribution in [3.05, 3.63) is 34.6 Å². The first kappa shape index (κ1) is 30.8. The molecule has 1 saturated heterocycles. The summed E-state index contributed by atoms with van der Waals surface area (Å²) in [5.41, 5.74) is 12.0. The number of oxime groups is 1. The molecule has 40 heavy (non-hydrogen) atoms. The molecule has 218 valence electrons. The number of thioether (sulfide) groups is 1. The lowest BCUT2D eigenvalue weighted by molar-refractivity contribution is -0.767. The second-order valence-corrected chi connectivity index (χ2v) is 10.8. The van der Waals surface area contributed by atoms with E-state index in [1.807, 2.05) is 0 Å². The second-order valence-electron chi connectivity index (χ2n) is 7.92. The van der Waals surface area contributed by atoms with Gasteiger partial charge in [-0.15, -0.1) is 32.5 Å². The topological polar surface area (TPSA) is 280 Å². The fourth-order valence-electron chi connectivity index (χ4n) is 3.87. The second kappa shape index (κ2) is 12.6. The molecule has 1 fully saturated rings. The monoisotopic (exact) mass is 620 g/mol. The largest absolute Gasteiger partial charge is 0.726 e. The molecule has 2 aromatic heterocycles. The van der Waals surface area contributed by atoms with Gasteiger partial charge >= 0.3 is 5.97 Å². The van der Waals surface area contributed by atoms with Crippen LogP contribution < -0.4 is 21.5 Å². The highest BCUT2D eigenvalue weighted by molar-refractivity contribution is 8.00. The number of carbonyl (C=O) groups excluding carboxylic acids is 2. The van der Waals surface area contributed by atoms with E-state index < -0.39 is 39.6 Å². The van der Waals surface area contributed by atoms with Gasteiger partial charge in [-0.05, 0) is 0 Å². The maximum Gasteiger partial charge on any atom is 0.352 e. The number of nitrogen functional groups attached to an aromatic ring is 2. The Bertz CT molecular complexity index is 1460. The minimum atomic E-state index is -4.92. The summed E-state index contributed by atoms with van der Waals surface area (Å²) < 4.78 is 36.1. The summed E-state index contributed by atoms with van der Waals surface area (Å²) >= 11 is 2.44.